The number of nitrogens with zero attached hydrogens (tertiary/aromatic N) is 2. The molecule has 1 aliphatic heterocycles. The summed E-state index contributed by atoms with van der Waals surface area (Å²) in [6, 6.07) is 7.83. The van der Waals surface area contributed by atoms with Gasteiger partial charge in [0, 0.05) is 11.4 Å². The summed E-state index contributed by atoms with van der Waals surface area (Å²) in [6.07, 6.45) is 0. The van der Waals surface area contributed by atoms with Crippen molar-refractivity contribution in [2.45, 2.75) is 19.8 Å². The molecule has 0 bridgehead atoms. The highest BCUT2D eigenvalue weighted by Gasteiger charge is 2.30. The molecule has 1 aromatic carbocycles. The van der Waals surface area contributed by atoms with Crippen LogP contribution >= 0.6 is 11.6 Å². The molecule has 118 valence electrons. The highest BCUT2D eigenvalue weighted by molar-refractivity contribution is 6.32. The lowest BCUT2D eigenvalue weighted by Crippen LogP contribution is -2.23. The van der Waals surface area contributed by atoms with E-state index >= 15 is 0 Å². The van der Waals surface area contributed by atoms with Gasteiger partial charge in [0.2, 0.25) is 0 Å². The molecule has 0 unspecified atom stereocenters. The Balaban J connectivity index is 2.72. The molecule has 23 heavy (non-hydrogen) atoms. The minimum atomic E-state index is -0.483. The minimum Gasteiger partial charge on any atom is -0.493 e. The van der Waals surface area contributed by atoms with E-state index in [1.165, 1.54) is 14.2 Å². The van der Waals surface area contributed by atoms with Gasteiger partial charge in [0.25, 0.3) is 0 Å². The van der Waals surface area contributed by atoms with Crippen LogP contribution in [0.3, 0.4) is 0 Å². The lowest BCUT2D eigenvalue weighted by molar-refractivity contribution is 0.354. The summed E-state index contributed by atoms with van der Waals surface area (Å²) in [5, 5.41) is 22.5. The van der Waals surface area contributed by atoms with Crippen LogP contribution < -0.4 is 14.8 Å². The summed E-state index contributed by atoms with van der Waals surface area (Å²) >= 11 is 6.27. The normalized spacial score (nSPS) is 14.9. The molecule has 2 rings (SSSR count). The van der Waals surface area contributed by atoms with E-state index in [-0.39, 0.29) is 0 Å². The summed E-state index contributed by atoms with van der Waals surface area (Å²) in [4.78, 5) is 0. The van der Waals surface area contributed by atoms with Crippen molar-refractivity contribution in [2.24, 2.45) is 0 Å². The van der Waals surface area contributed by atoms with Crippen molar-refractivity contribution >= 4 is 11.6 Å². The first-order valence-electron chi connectivity index (χ1n) is 6.88. The van der Waals surface area contributed by atoms with Gasteiger partial charge in [0.15, 0.2) is 11.5 Å². The first kappa shape index (κ1) is 16.7. The van der Waals surface area contributed by atoms with Gasteiger partial charge in [-0.3, -0.25) is 0 Å². The molecule has 0 aromatic heterocycles. The summed E-state index contributed by atoms with van der Waals surface area (Å²) in [7, 11) is 3.02. The Bertz CT molecular complexity index is 761. The SMILES string of the molecule is COc1cc(C2C(C#N)=C(C)NC(C)=C2C#N)cc(Cl)c1OC. The van der Waals surface area contributed by atoms with Crippen molar-refractivity contribution in [3.05, 3.63) is 45.3 Å². The molecule has 0 atom stereocenters. The number of hydrogen-bond acceptors (Lipinski definition) is 5. The number of allylic oxidation sites excluding steroid dienone is 4. The number of methoxy groups -OCH3 is 2. The van der Waals surface area contributed by atoms with Gasteiger partial charge in [-0.2, -0.15) is 10.5 Å². The highest BCUT2D eigenvalue weighted by atomic mass is 35.5. The zero-order chi connectivity index (χ0) is 17.1. The number of nitriles is 2. The van der Waals surface area contributed by atoms with E-state index in [0.29, 0.717) is 33.2 Å². The highest BCUT2D eigenvalue weighted by Crippen LogP contribution is 2.43. The van der Waals surface area contributed by atoms with Crippen molar-refractivity contribution in [3.63, 3.8) is 0 Å². The Hall–Kier alpha value is -2.63. The molecule has 0 radical (unpaired) electrons. The minimum absolute atomic E-state index is 0.366. The Morgan fingerprint density at radius 3 is 2.04 bits per heavy atom. The van der Waals surface area contributed by atoms with Gasteiger partial charge >= 0.3 is 0 Å². The monoisotopic (exact) mass is 329 g/mol. The fraction of sp³-hybridized carbons (Fsp3) is 0.294. The third kappa shape index (κ3) is 2.84. The molecular formula is C17H16ClN3O2. The van der Waals surface area contributed by atoms with E-state index < -0.39 is 5.92 Å². The maximum atomic E-state index is 9.52. The van der Waals surface area contributed by atoms with Crippen molar-refractivity contribution in [2.75, 3.05) is 14.2 Å². The standard InChI is InChI=1S/C17H16ClN3O2/c1-9-12(7-19)16(13(8-20)10(2)21-9)11-5-14(18)17(23-4)15(6-11)22-3/h5-6,16,21H,1-4H3. The molecule has 0 spiro atoms. The second kappa shape index (κ2) is 6.64. The topological polar surface area (TPSA) is 78.1 Å². The van der Waals surface area contributed by atoms with E-state index in [9.17, 15) is 10.5 Å². The summed E-state index contributed by atoms with van der Waals surface area (Å²) in [5.74, 6) is 0.396. The van der Waals surface area contributed by atoms with Crippen LogP contribution in [-0.2, 0) is 0 Å². The lowest BCUT2D eigenvalue weighted by atomic mass is 9.81. The molecule has 1 aliphatic rings. The largest absolute Gasteiger partial charge is 0.493 e. The molecule has 6 heteroatoms. The summed E-state index contributed by atoms with van der Waals surface area (Å²) in [6.45, 7) is 3.62. The first-order valence-corrected chi connectivity index (χ1v) is 7.26. The molecule has 0 fully saturated rings. The molecule has 5 nitrogen and oxygen atoms in total. The predicted octanol–water partition coefficient (Wildman–Crippen LogP) is 3.64. The quantitative estimate of drug-likeness (QED) is 0.916. The van der Waals surface area contributed by atoms with Crippen LogP contribution in [0.2, 0.25) is 5.02 Å². The molecule has 0 saturated heterocycles. The fourth-order valence-electron chi connectivity index (χ4n) is 2.73. The number of hydrogen-bond donors (Lipinski definition) is 1. The van der Waals surface area contributed by atoms with Crippen LogP contribution in [-0.4, -0.2) is 14.2 Å². The van der Waals surface area contributed by atoms with Gasteiger partial charge in [0.05, 0.1) is 48.4 Å². The van der Waals surface area contributed by atoms with Crippen LogP contribution in [0.1, 0.15) is 25.3 Å². The molecule has 1 aromatic rings. The van der Waals surface area contributed by atoms with Crippen molar-refractivity contribution in [1.29, 1.82) is 10.5 Å². The number of benzene rings is 1. The predicted molar refractivity (Wildman–Crippen MR) is 87.1 cm³/mol. The smallest absolute Gasteiger partial charge is 0.179 e. The van der Waals surface area contributed by atoms with E-state index in [0.717, 1.165) is 11.4 Å². The number of ether oxygens (including phenoxy) is 2. The number of dihydropyridines is 1. The molecule has 1 N–H and O–H groups in total. The Morgan fingerprint density at radius 2 is 1.61 bits per heavy atom. The average molecular weight is 330 g/mol. The molecule has 0 saturated carbocycles. The van der Waals surface area contributed by atoms with Gasteiger partial charge in [-0.05, 0) is 31.5 Å². The number of halogens is 1. The Morgan fingerprint density at radius 1 is 1.04 bits per heavy atom. The third-order valence-corrected chi connectivity index (χ3v) is 4.07. The maximum Gasteiger partial charge on any atom is 0.179 e. The zero-order valence-electron chi connectivity index (χ0n) is 13.3. The van der Waals surface area contributed by atoms with E-state index in [4.69, 9.17) is 21.1 Å². The van der Waals surface area contributed by atoms with Crippen molar-refractivity contribution in [3.8, 4) is 23.6 Å². The number of nitrogens with one attached hydrogen (secondary N) is 1. The summed E-state index contributed by atoms with van der Waals surface area (Å²) in [5.41, 5.74) is 3.12. The van der Waals surface area contributed by atoms with Crippen molar-refractivity contribution < 1.29 is 9.47 Å². The van der Waals surface area contributed by atoms with Gasteiger partial charge < -0.3 is 14.8 Å². The molecule has 0 aliphatic carbocycles. The van der Waals surface area contributed by atoms with Gasteiger partial charge in [-0.15, -0.1) is 0 Å². The van der Waals surface area contributed by atoms with Gasteiger partial charge in [-0.1, -0.05) is 11.6 Å². The van der Waals surface area contributed by atoms with Crippen LogP contribution in [0.15, 0.2) is 34.7 Å². The van der Waals surface area contributed by atoms with Crippen LogP contribution in [0.4, 0.5) is 0 Å². The number of rotatable bonds is 3. The molecule has 1 heterocycles. The van der Waals surface area contributed by atoms with Gasteiger partial charge in [0.1, 0.15) is 0 Å². The Kier molecular flexibility index (Phi) is 4.83. The third-order valence-electron chi connectivity index (χ3n) is 3.79. The first-order chi connectivity index (χ1) is 11.0. The fourth-order valence-corrected chi connectivity index (χ4v) is 3.02. The molecular weight excluding hydrogens is 314 g/mol. The second-order valence-corrected chi connectivity index (χ2v) is 5.50. The second-order valence-electron chi connectivity index (χ2n) is 5.10. The average Bonchev–Trinajstić information content (AvgIpc) is 2.53. The zero-order valence-corrected chi connectivity index (χ0v) is 14.1. The summed E-state index contributed by atoms with van der Waals surface area (Å²) < 4.78 is 10.6. The van der Waals surface area contributed by atoms with Crippen LogP contribution in [0.5, 0.6) is 11.5 Å². The van der Waals surface area contributed by atoms with E-state index in [1.807, 2.05) is 13.8 Å². The molecule has 0 amide bonds. The maximum absolute atomic E-state index is 9.52. The van der Waals surface area contributed by atoms with Crippen LogP contribution in [0, 0.1) is 22.7 Å². The van der Waals surface area contributed by atoms with E-state index in [1.54, 1.807) is 12.1 Å². The van der Waals surface area contributed by atoms with Crippen molar-refractivity contribution in [1.82, 2.24) is 5.32 Å². The van der Waals surface area contributed by atoms with Crippen LogP contribution in [0.25, 0.3) is 0 Å². The lowest BCUT2D eigenvalue weighted by Gasteiger charge is -2.26. The van der Waals surface area contributed by atoms with E-state index in [2.05, 4.69) is 17.5 Å². The Labute approximate surface area is 140 Å². The van der Waals surface area contributed by atoms with Gasteiger partial charge in [-0.25, -0.2) is 0 Å².